The van der Waals surface area contributed by atoms with Gasteiger partial charge in [0.2, 0.25) is 5.91 Å². The monoisotopic (exact) mass is 218 g/mol. The van der Waals surface area contributed by atoms with Gasteiger partial charge >= 0.3 is 0 Å². The highest BCUT2D eigenvalue weighted by atomic mass is 16.2. The third-order valence-corrected chi connectivity index (χ3v) is 3.26. The van der Waals surface area contributed by atoms with Crippen molar-refractivity contribution in [3.05, 3.63) is 35.4 Å². The molecule has 16 heavy (non-hydrogen) atoms. The molecule has 0 saturated carbocycles. The molecule has 1 aromatic rings. The predicted molar refractivity (Wildman–Crippen MR) is 64.2 cm³/mol. The Kier molecular flexibility index (Phi) is 2.97. The van der Waals surface area contributed by atoms with Crippen molar-refractivity contribution >= 4 is 5.91 Å². The highest BCUT2D eigenvalue weighted by molar-refractivity contribution is 5.87. The average Bonchev–Trinajstić information content (AvgIpc) is 2.43. The molecule has 2 N–H and O–H groups in total. The number of carbonyl (C=O) groups is 1. The molecule has 3 heteroatoms. The summed E-state index contributed by atoms with van der Waals surface area (Å²) in [4.78, 5) is 12.1. The predicted octanol–water partition coefficient (Wildman–Crippen LogP) is 1.32. The van der Waals surface area contributed by atoms with Crippen LogP contribution in [0, 0.1) is 6.92 Å². The van der Waals surface area contributed by atoms with Gasteiger partial charge in [-0.3, -0.25) is 10.1 Å². The Morgan fingerprint density at radius 2 is 2.00 bits per heavy atom. The summed E-state index contributed by atoms with van der Waals surface area (Å²) in [7, 11) is 0. The van der Waals surface area contributed by atoms with Crippen LogP contribution in [0.4, 0.5) is 0 Å². The smallest absolute Gasteiger partial charge is 0.244 e. The molecule has 0 aliphatic carbocycles. The number of hydrogen-bond donors (Lipinski definition) is 2. The van der Waals surface area contributed by atoms with E-state index in [1.54, 1.807) is 0 Å². The molecule has 1 aliphatic rings. The minimum Gasteiger partial charge on any atom is -0.354 e. The van der Waals surface area contributed by atoms with Crippen LogP contribution in [0.5, 0.6) is 0 Å². The van der Waals surface area contributed by atoms with Gasteiger partial charge in [0.05, 0.1) is 0 Å². The molecule has 0 bridgehead atoms. The summed E-state index contributed by atoms with van der Waals surface area (Å²) in [5.74, 6) is 0.0688. The molecule has 1 amide bonds. The van der Waals surface area contributed by atoms with Crippen molar-refractivity contribution < 1.29 is 4.79 Å². The van der Waals surface area contributed by atoms with Crippen molar-refractivity contribution in [3.8, 4) is 0 Å². The van der Waals surface area contributed by atoms with Crippen molar-refractivity contribution in [1.82, 2.24) is 10.6 Å². The van der Waals surface area contributed by atoms with Gasteiger partial charge in [-0.25, -0.2) is 0 Å². The first kappa shape index (κ1) is 11.1. The largest absolute Gasteiger partial charge is 0.354 e. The van der Waals surface area contributed by atoms with Crippen LogP contribution in [0.15, 0.2) is 24.3 Å². The Morgan fingerprint density at radius 3 is 2.75 bits per heavy atom. The molecule has 0 spiro atoms. The highest BCUT2D eigenvalue weighted by Gasteiger charge is 2.36. The Labute approximate surface area is 96.2 Å². The zero-order chi connectivity index (χ0) is 11.6. The molecule has 1 fully saturated rings. The summed E-state index contributed by atoms with van der Waals surface area (Å²) in [5, 5.41) is 6.31. The topological polar surface area (TPSA) is 41.1 Å². The first-order chi connectivity index (χ1) is 7.64. The molecule has 0 aromatic heterocycles. The lowest BCUT2D eigenvalue weighted by atomic mass is 9.88. The van der Waals surface area contributed by atoms with Crippen molar-refractivity contribution in [2.24, 2.45) is 0 Å². The minimum atomic E-state index is -0.595. The third kappa shape index (κ3) is 1.83. The van der Waals surface area contributed by atoms with E-state index in [2.05, 4.69) is 10.6 Å². The highest BCUT2D eigenvalue weighted by Crippen LogP contribution is 2.25. The van der Waals surface area contributed by atoms with Crippen LogP contribution in [-0.2, 0) is 10.3 Å². The van der Waals surface area contributed by atoms with E-state index in [0.717, 1.165) is 30.6 Å². The lowest BCUT2D eigenvalue weighted by Gasteiger charge is -2.29. The van der Waals surface area contributed by atoms with Gasteiger partial charge in [0.25, 0.3) is 0 Å². The maximum absolute atomic E-state index is 12.1. The number of nitrogens with one attached hydrogen (secondary N) is 2. The van der Waals surface area contributed by atoms with E-state index in [9.17, 15) is 4.79 Å². The fraction of sp³-hybridized carbons (Fsp3) is 0.462. The molecule has 2 rings (SSSR count). The van der Waals surface area contributed by atoms with Crippen LogP contribution in [0.1, 0.15) is 24.5 Å². The zero-order valence-corrected chi connectivity index (χ0v) is 9.84. The molecule has 1 saturated heterocycles. The van der Waals surface area contributed by atoms with Gasteiger partial charge in [-0.2, -0.15) is 0 Å². The summed E-state index contributed by atoms with van der Waals surface area (Å²) < 4.78 is 0. The third-order valence-electron chi connectivity index (χ3n) is 3.26. The molecule has 1 aliphatic heterocycles. The van der Waals surface area contributed by atoms with Gasteiger partial charge < -0.3 is 5.32 Å². The van der Waals surface area contributed by atoms with Crippen LogP contribution >= 0.6 is 0 Å². The Hall–Kier alpha value is -1.35. The number of carbonyl (C=O) groups excluding carboxylic acids is 1. The SMILES string of the molecule is Cc1ccccc1C1(C)NCCCNC1=O. The number of hydrogen-bond acceptors (Lipinski definition) is 2. The van der Waals surface area contributed by atoms with Crippen LogP contribution in [0.2, 0.25) is 0 Å². The van der Waals surface area contributed by atoms with E-state index in [-0.39, 0.29) is 5.91 Å². The van der Waals surface area contributed by atoms with E-state index in [4.69, 9.17) is 0 Å². The van der Waals surface area contributed by atoms with Crippen LogP contribution < -0.4 is 10.6 Å². The van der Waals surface area contributed by atoms with E-state index in [1.165, 1.54) is 0 Å². The van der Waals surface area contributed by atoms with Crippen LogP contribution in [0.3, 0.4) is 0 Å². The van der Waals surface area contributed by atoms with Gasteiger partial charge in [0, 0.05) is 6.54 Å². The van der Waals surface area contributed by atoms with Crippen LogP contribution in [0.25, 0.3) is 0 Å². The van der Waals surface area contributed by atoms with E-state index >= 15 is 0 Å². The van der Waals surface area contributed by atoms with Crippen LogP contribution in [-0.4, -0.2) is 19.0 Å². The minimum absolute atomic E-state index is 0.0688. The number of amides is 1. The van der Waals surface area contributed by atoms with E-state index in [0.29, 0.717) is 0 Å². The maximum Gasteiger partial charge on any atom is 0.244 e. The normalized spacial score (nSPS) is 26.0. The molecule has 3 nitrogen and oxygen atoms in total. The molecule has 1 atom stereocenters. The van der Waals surface area contributed by atoms with Crippen molar-refractivity contribution in [1.29, 1.82) is 0 Å². The summed E-state index contributed by atoms with van der Waals surface area (Å²) >= 11 is 0. The summed E-state index contributed by atoms with van der Waals surface area (Å²) in [6.07, 6.45) is 0.979. The first-order valence-electron chi connectivity index (χ1n) is 5.74. The maximum atomic E-state index is 12.1. The average molecular weight is 218 g/mol. The van der Waals surface area contributed by atoms with E-state index in [1.807, 2.05) is 38.1 Å². The fourth-order valence-electron chi connectivity index (χ4n) is 2.24. The van der Waals surface area contributed by atoms with Gasteiger partial charge in [-0.1, -0.05) is 24.3 Å². The van der Waals surface area contributed by atoms with E-state index < -0.39 is 5.54 Å². The summed E-state index contributed by atoms with van der Waals surface area (Å²) in [5.41, 5.74) is 1.62. The number of rotatable bonds is 1. The first-order valence-corrected chi connectivity index (χ1v) is 5.74. The zero-order valence-electron chi connectivity index (χ0n) is 9.84. The summed E-state index contributed by atoms with van der Waals surface area (Å²) in [6.45, 7) is 5.62. The molecule has 1 heterocycles. The van der Waals surface area contributed by atoms with Gasteiger partial charge in [0.15, 0.2) is 0 Å². The second kappa shape index (κ2) is 4.26. The molecular weight excluding hydrogens is 200 g/mol. The lowest BCUT2D eigenvalue weighted by molar-refractivity contribution is -0.126. The second-order valence-electron chi connectivity index (χ2n) is 4.48. The number of benzene rings is 1. The Bertz CT molecular complexity index is 403. The second-order valence-corrected chi connectivity index (χ2v) is 4.48. The molecule has 0 radical (unpaired) electrons. The standard InChI is InChI=1S/C13H18N2O/c1-10-6-3-4-7-11(10)13(2)12(16)14-8-5-9-15-13/h3-4,6-7,15H,5,8-9H2,1-2H3,(H,14,16). The number of aryl methyl sites for hydroxylation is 1. The lowest BCUT2D eigenvalue weighted by Crippen LogP contribution is -2.50. The summed E-state index contributed by atoms with van der Waals surface area (Å²) in [6, 6.07) is 8.04. The van der Waals surface area contributed by atoms with Crippen molar-refractivity contribution in [2.45, 2.75) is 25.8 Å². The quantitative estimate of drug-likeness (QED) is 0.746. The Balaban J connectivity index is 2.43. The van der Waals surface area contributed by atoms with Gasteiger partial charge in [-0.15, -0.1) is 0 Å². The molecular formula is C13H18N2O. The van der Waals surface area contributed by atoms with Gasteiger partial charge in [-0.05, 0) is 37.9 Å². The molecule has 86 valence electrons. The molecule has 1 unspecified atom stereocenters. The van der Waals surface area contributed by atoms with Gasteiger partial charge in [0.1, 0.15) is 5.54 Å². The Morgan fingerprint density at radius 1 is 1.25 bits per heavy atom. The fourth-order valence-corrected chi connectivity index (χ4v) is 2.24. The van der Waals surface area contributed by atoms with Crippen molar-refractivity contribution in [2.75, 3.05) is 13.1 Å². The molecule has 1 aromatic carbocycles. The van der Waals surface area contributed by atoms with Crippen molar-refractivity contribution in [3.63, 3.8) is 0 Å².